The van der Waals surface area contributed by atoms with Gasteiger partial charge in [0.15, 0.2) is 4.34 Å². The summed E-state index contributed by atoms with van der Waals surface area (Å²) in [5, 5.41) is 18.6. The predicted octanol–water partition coefficient (Wildman–Crippen LogP) is 1.74. The lowest BCUT2D eigenvalue weighted by Crippen LogP contribution is -2.32. The first kappa shape index (κ1) is 12.0. The second-order valence-corrected chi connectivity index (χ2v) is 6.80. The van der Waals surface area contributed by atoms with Crippen molar-refractivity contribution in [1.82, 2.24) is 10.2 Å². The van der Waals surface area contributed by atoms with E-state index in [9.17, 15) is 5.11 Å². The molecule has 0 bridgehead atoms. The number of nitrogen functional groups attached to an aromatic ring is 1. The molecule has 4 nitrogen and oxygen atoms in total. The van der Waals surface area contributed by atoms with E-state index >= 15 is 0 Å². The number of nitrogens with two attached hydrogens (primary N) is 1. The smallest absolute Gasteiger partial charge is 0.203 e. The van der Waals surface area contributed by atoms with Crippen molar-refractivity contribution in [2.24, 2.45) is 0 Å². The molecule has 0 unspecified atom stereocenters. The minimum Gasteiger partial charge on any atom is -0.392 e. The Morgan fingerprint density at radius 2 is 1.94 bits per heavy atom. The normalized spacial score (nSPS) is 22.7. The molecule has 0 amide bonds. The van der Waals surface area contributed by atoms with Gasteiger partial charge in [-0.1, -0.05) is 47.4 Å². The number of fused-ring (bicyclic) bond motifs is 1. The summed E-state index contributed by atoms with van der Waals surface area (Å²) in [7, 11) is 0. The van der Waals surface area contributed by atoms with Crippen molar-refractivity contribution >= 4 is 28.2 Å². The molecule has 1 heterocycles. The predicted molar refractivity (Wildman–Crippen MR) is 73.8 cm³/mol. The standard InChI is InChI=1S/C12H13N3OS2/c13-11-14-15-12(18-11)17-10-6-8-4-2-1-3-7(8)5-9(10)16/h1-4,9-10,16H,5-6H2,(H2,13,14)/t9-,10+/m1/s1. The fourth-order valence-electron chi connectivity index (χ4n) is 2.18. The van der Waals surface area contributed by atoms with E-state index in [4.69, 9.17) is 5.73 Å². The van der Waals surface area contributed by atoms with E-state index in [1.165, 1.54) is 22.5 Å². The summed E-state index contributed by atoms with van der Waals surface area (Å²) in [5.41, 5.74) is 8.13. The highest BCUT2D eigenvalue weighted by Gasteiger charge is 2.28. The van der Waals surface area contributed by atoms with Crippen LogP contribution in [0.4, 0.5) is 5.13 Å². The lowest BCUT2D eigenvalue weighted by atomic mass is 9.89. The van der Waals surface area contributed by atoms with E-state index in [0.717, 1.165) is 10.8 Å². The van der Waals surface area contributed by atoms with Gasteiger partial charge in [0.1, 0.15) is 0 Å². The Bertz CT molecular complexity index is 558. The van der Waals surface area contributed by atoms with Gasteiger partial charge < -0.3 is 10.8 Å². The zero-order chi connectivity index (χ0) is 12.5. The molecule has 0 aliphatic heterocycles. The molecule has 0 saturated carbocycles. The van der Waals surface area contributed by atoms with Gasteiger partial charge in [-0.25, -0.2) is 0 Å². The highest BCUT2D eigenvalue weighted by molar-refractivity contribution is 8.01. The fraction of sp³-hybridized carbons (Fsp3) is 0.333. The lowest BCUT2D eigenvalue weighted by molar-refractivity contribution is 0.165. The molecule has 0 spiro atoms. The number of nitrogens with zero attached hydrogens (tertiary/aromatic N) is 2. The Morgan fingerprint density at radius 1 is 1.22 bits per heavy atom. The van der Waals surface area contributed by atoms with E-state index in [1.54, 1.807) is 11.8 Å². The Morgan fingerprint density at radius 3 is 2.61 bits per heavy atom. The van der Waals surface area contributed by atoms with Crippen LogP contribution < -0.4 is 5.73 Å². The van der Waals surface area contributed by atoms with Crippen molar-refractivity contribution in [1.29, 1.82) is 0 Å². The van der Waals surface area contributed by atoms with Crippen LogP contribution in [0.15, 0.2) is 28.6 Å². The first-order valence-corrected chi connectivity index (χ1v) is 7.42. The van der Waals surface area contributed by atoms with Gasteiger partial charge >= 0.3 is 0 Å². The van der Waals surface area contributed by atoms with Crippen molar-refractivity contribution in [2.75, 3.05) is 5.73 Å². The maximum atomic E-state index is 10.2. The number of aromatic nitrogens is 2. The number of benzene rings is 1. The largest absolute Gasteiger partial charge is 0.392 e. The SMILES string of the molecule is Nc1nnc(S[C@H]2Cc3ccccc3C[C@H]2O)s1. The van der Waals surface area contributed by atoms with Gasteiger partial charge in [-0.3, -0.25) is 0 Å². The molecule has 3 rings (SSSR count). The summed E-state index contributed by atoms with van der Waals surface area (Å²) in [5.74, 6) is 0. The zero-order valence-corrected chi connectivity index (χ0v) is 11.2. The molecule has 0 fully saturated rings. The van der Waals surface area contributed by atoms with Crippen molar-refractivity contribution in [3.63, 3.8) is 0 Å². The second kappa shape index (κ2) is 4.87. The fourth-order valence-corrected chi connectivity index (χ4v) is 4.21. The third-order valence-electron chi connectivity index (χ3n) is 3.07. The Kier molecular flexibility index (Phi) is 3.23. The highest BCUT2D eigenvalue weighted by atomic mass is 32.2. The van der Waals surface area contributed by atoms with E-state index in [2.05, 4.69) is 22.3 Å². The Balaban J connectivity index is 1.78. The lowest BCUT2D eigenvalue weighted by Gasteiger charge is -2.28. The summed E-state index contributed by atoms with van der Waals surface area (Å²) >= 11 is 2.94. The number of anilines is 1. The average Bonchev–Trinajstić information content (AvgIpc) is 2.76. The Hall–Kier alpha value is -1.11. The van der Waals surface area contributed by atoms with Crippen LogP contribution in [0.5, 0.6) is 0 Å². The molecule has 1 aliphatic carbocycles. The number of hydrogen-bond donors (Lipinski definition) is 2. The molecular formula is C12H13N3OS2. The number of hydrogen-bond acceptors (Lipinski definition) is 6. The quantitative estimate of drug-likeness (QED) is 0.876. The maximum absolute atomic E-state index is 10.2. The number of aliphatic hydroxyl groups is 1. The molecule has 18 heavy (non-hydrogen) atoms. The summed E-state index contributed by atoms with van der Waals surface area (Å²) in [6.07, 6.45) is 1.24. The molecule has 1 aromatic heterocycles. The molecular weight excluding hydrogens is 266 g/mol. The minimum absolute atomic E-state index is 0.132. The topological polar surface area (TPSA) is 72.0 Å². The summed E-state index contributed by atoms with van der Waals surface area (Å²) in [4.78, 5) is 0. The monoisotopic (exact) mass is 279 g/mol. The van der Waals surface area contributed by atoms with Crippen LogP contribution >= 0.6 is 23.1 Å². The zero-order valence-electron chi connectivity index (χ0n) is 9.61. The van der Waals surface area contributed by atoms with Gasteiger partial charge in [-0.2, -0.15) is 0 Å². The summed E-state index contributed by atoms with van der Waals surface area (Å²) < 4.78 is 0.830. The third-order valence-corrected chi connectivity index (χ3v) is 5.22. The van der Waals surface area contributed by atoms with Crippen LogP contribution in [-0.2, 0) is 12.8 Å². The Labute approximate surface area is 113 Å². The number of rotatable bonds is 2. The first-order valence-electron chi connectivity index (χ1n) is 5.73. The van der Waals surface area contributed by atoms with Gasteiger partial charge in [0.2, 0.25) is 5.13 Å². The van der Waals surface area contributed by atoms with E-state index in [-0.39, 0.29) is 11.4 Å². The van der Waals surface area contributed by atoms with Gasteiger partial charge in [-0.05, 0) is 24.0 Å². The van der Waals surface area contributed by atoms with Crippen LogP contribution in [0.2, 0.25) is 0 Å². The number of aliphatic hydroxyl groups excluding tert-OH is 1. The first-order chi connectivity index (χ1) is 8.72. The highest BCUT2D eigenvalue weighted by Crippen LogP contribution is 2.35. The van der Waals surface area contributed by atoms with E-state index < -0.39 is 0 Å². The van der Waals surface area contributed by atoms with Crippen molar-refractivity contribution in [3.05, 3.63) is 35.4 Å². The van der Waals surface area contributed by atoms with Crippen LogP contribution in [0.25, 0.3) is 0 Å². The maximum Gasteiger partial charge on any atom is 0.203 e. The van der Waals surface area contributed by atoms with Crippen LogP contribution in [0, 0.1) is 0 Å². The molecule has 3 N–H and O–H groups in total. The minimum atomic E-state index is -0.338. The molecule has 0 radical (unpaired) electrons. The summed E-state index contributed by atoms with van der Waals surface area (Å²) in [6.45, 7) is 0. The van der Waals surface area contributed by atoms with Gasteiger partial charge in [0.05, 0.1) is 6.10 Å². The van der Waals surface area contributed by atoms with Crippen molar-refractivity contribution in [3.8, 4) is 0 Å². The molecule has 1 aliphatic rings. The third kappa shape index (κ3) is 2.36. The molecule has 94 valence electrons. The molecule has 2 atom stereocenters. The van der Waals surface area contributed by atoms with Crippen molar-refractivity contribution < 1.29 is 5.11 Å². The van der Waals surface area contributed by atoms with Crippen LogP contribution in [0.1, 0.15) is 11.1 Å². The molecule has 1 aromatic carbocycles. The van der Waals surface area contributed by atoms with Crippen LogP contribution in [-0.4, -0.2) is 26.7 Å². The molecule has 6 heteroatoms. The van der Waals surface area contributed by atoms with Gasteiger partial charge in [-0.15, -0.1) is 10.2 Å². The van der Waals surface area contributed by atoms with Crippen LogP contribution in [0.3, 0.4) is 0 Å². The van der Waals surface area contributed by atoms with Crippen molar-refractivity contribution in [2.45, 2.75) is 28.5 Å². The second-order valence-electron chi connectivity index (χ2n) is 4.31. The average molecular weight is 279 g/mol. The summed E-state index contributed by atoms with van der Waals surface area (Å²) in [6, 6.07) is 8.28. The number of thioether (sulfide) groups is 1. The van der Waals surface area contributed by atoms with Gasteiger partial charge in [0.25, 0.3) is 0 Å². The molecule has 2 aromatic rings. The van der Waals surface area contributed by atoms with E-state index in [0.29, 0.717) is 11.6 Å². The van der Waals surface area contributed by atoms with E-state index in [1.807, 2.05) is 12.1 Å². The van der Waals surface area contributed by atoms with Gasteiger partial charge in [0, 0.05) is 5.25 Å². The molecule has 0 saturated heterocycles.